The van der Waals surface area contributed by atoms with E-state index in [2.05, 4.69) is 5.32 Å². The number of carbonyl (C=O) groups is 2. The molecule has 2 unspecified atom stereocenters. The van der Waals surface area contributed by atoms with Gasteiger partial charge in [0.25, 0.3) is 5.91 Å². The number of nitrogens with zero attached hydrogens (tertiary/aromatic N) is 1. The Kier molecular flexibility index (Phi) is 3.30. The fraction of sp³-hybridized carbons (Fsp3) is 0.429. The fourth-order valence-corrected chi connectivity index (χ4v) is 3.24. The number of rotatable bonds is 1. The quantitative estimate of drug-likeness (QED) is 0.766. The van der Waals surface area contributed by atoms with Crippen LogP contribution in [0.15, 0.2) is 18.2 Å². The van der Waals surface area contributed by atoms with Crippen LogP contribution in [0.5, 0.6) is 0 Å². The number of halogens is 1. The average Bonchev–Trinajstić information content (AvgIpc) is 2.83. The Hall–Kier alpha value is -1.75. The lowest BCUT2D eigenvalue weighted by Crippen LogP contribution is -2.48. The third-order valence-corrected chi connectivity index (χ3v) is 4.34. The van der Waals surface area contributed by atoms with Crippen LogP contribution in [0.3, 0.4) is 0 Å². The summed E-state index contributed by atoms with van der Waals surface area (Å²) >= 11 is 5.94. The summed E-state index contributed by atoms with van der Waals surface area (Å²) in [6, 6.07) is 4.82. The first kappa shape index (κ1) is 13.2. The van der Waals surface area contributed by atoms with E-state index in [0.29, 0.717) is 29.4 Å². The summed E-state index contributed by atoms with van der Waals surface area (Å²) in [6.45, 7) is 1.18. The third kappa shape index (κ3) is 2.12. The molecule has 106 valence electrons. The van der Waals surface area contributed by atoms with Crippen LogP contribution in [0.25, 0.3) is 0 Å². The summed E-state index contributed by atoms with van der Waals surface area (Å²) in [6.07, 6.45) is 1.67. The topological polar surface area (TPSA) is 75.4 Å². The zero-order valence-corrected chi connectivity index (χ0v) is 11.7. The Morgan fingerprint density at radius 3 is 3.05 bits per heavy atom. The Labute approximate surface area is 122 Å². The number of anilines is 1. The van der Waals surface area contributed by atoms with Gasteiger partial charge < -0.3 is 16.0 Å². The zero-order valence-electron chi connectivity index (χ0n) is 10.9. The molecule has 0 aromatic heterocycles. The second-order valence-corrected chi connectivity index (χ2v) is 5.73. The van der Waals surface area contributed by atoms with Gasteiger partial charge in [-0.25, -0.2) is 0 Å². The summed E-state index contributed by atoms with van der Waals surface area (Å²) in [4.78, 5) is 26.2. The Balaban J connectivity index is 1.90. The van der Waals surface area contributed by atoms with Crippen molar-refractivity contribution in [1.29, 1.82) is 0 Å². The first-order valence-electron chi connectivity index (χ1n) is 6.71. The van der Waals surface area contributed by atoms with E-state index in [0.717, 1.165) is 12.8 Å². The molecule has 2 atom stereocenters. The number of carbonyl (C=O) groups excluding carboxylic acids is 2. The molecule has 2 fully saturated rings. The lowest BCUT2D eigenvalue weighted by atomic mass is 9.91. The van der Waals surface area contributed by atoms with Crippen LogP contribution in [0.1, 0.15) is 23.2 Å². The van der Waals surface area contributed by atoms with Gasteiger partial charge in [-0.2, -0.15) is 0 Å². The standard InChI is InChI=1S/C14H16ClN3O2/c15-8-3-4-11(16)10(6-8)14(20)18-5-1-2-9-12(18)7-17-13(9)19/h3-4,6,9,12H,1-2,5,7,16H2,(H,17,19). The predicted octanol–water partition coefficient (Wildman–Crippen LogP) is 1.27. The molecule has 2 heterocycles. The molecule has 0 saturated carbocycles. The van der Waals surface area contributed by atoms with Crippen molar-refractivity contribution in [1.82, 2.24) is 10.2 Å². The first-order chi connectivity index (χ1) is 9.58. The number of hydrogen-bond donors (Lipinski definition) is 2. The van der Waals surface area contributed by atoms with Gasteiger partial charge in [0.15, 0.2) is 0 Å². The van der Waals surface area contributed by atoms with Gasteiger partial charge in [0.1, 0.15) is 0 Å². The molecule has 5 nitrogen and oxygen atoms in total. The number of amides is 2. The summed E-state index contributed by atoms with van der Waals surface area (Å²) in [5, 5.41) is 3.32. The van der Waals surface area contributed by atoms with Crippen molar-refractivity contribution in [2.45, 2.75) is 18.9 Å². The highest BCUT2D eigenvalue weighted by Crippen LogP contribution is 2.30. The summed E-state index contributed by atoms with van der Waals surface area (Å²) in [5.41, 5.74) is 6.70. The van der Waals surface area contributed by atoms with Crippen LogP contribution in [0.4, 0.5) is 5.69 Å². The van der Waals surface area contributed by atoms with Gasteiger partial charge in [0.05, 0.1) is 17.5 Å². The normalized spacial score (nSPS) is 25.2. The number of nitrogens with one attached hydrogen (secondary N) is 1. The van der Waals surface area contributed by atoms with Crippen LogP contribution in [-0.4, -0.2) is 35.8 Å². The molecule has 20 heavy (non-hydrogen) atoms. The fourth-order valence-electron chi connectivity index (χ4n) is 3.07. The highest BCUT2D eigenvalue weighted by atomic mass is 35.5. The van der Waals surface area contributed by atoms with Crippen molar-refractivity contribution in [3.8, 4) is 0 Å². The second-order valence-electron chi connectivity index (χ2n) is 5.29. The Morgan fingerprint density at radius 2 is 2.25 bits per heavy atom. The van der Waals surface area contributed by atoms with Crippen molar-refractivity contribution in [3.05, 3.63) is 28.8 Å². The van der Waals surface area contributed by atoms with Crippen LogP contribution >= 0.6 is 11.6 Å². The van der Waals surface area contributed by atoms with E-state index in [1.54, 1.807) is 23.1 Å². The molecule has 1 aromatic rings. The molecule has 0 bridgehead atoms. The lowest BCUT2D eigenvalue weighted by molar-refractivity contribution is -0.123. The highest BCUT2D eigenvalue weighted by Gasteiger charge is 2.42. The maximum atomic E-state index is 12.7. The Bertz CT molecular complexity index is 576. The molecule has 0 spiro atoms. The smallest absolute Gasteiger partial charge is 0.256 e. The minimum atomic E-state index is -0.142. The van der Waals surface area contributed by atoms with Crippen molar-refractivity contribution < 1.29 is 9.59 Å². The summed E-state index contributed by atoms with van der Waals surface area (Å²) in [5.74, 6) is -0.184. The molecular weight excluding hydrogens is 278 g/mol. The van der Waals surface area contributed by atoms with E-state index in [4.69, 9.17) is 17.3 Å². The van der Waals surface area contributed by atoms with Gasteiger partial charge >= 0.3 is 0 Å². The van der Waals surface area contributed by atoms with Crippen molar-refractivity contribution in [2.75, 3.05) is 18.8 Å². The molecule has 3 N–H and O–H groups in total. The molecular formula is C14H16ClN3O2. The summed E-state index contributed by atoms with van der Waals surface area (Å²) in [7, 11) is 0. The zero-order chi connectivity index (χ0) is 14.3. The van der Waals surface area contributed by atoms with Crippen LogP contribution < -0.4 is 11.1 Å². The number of nitrogens with two attached hydrogens (primary N) is 1. The molecule has 2 aliphatic heterocycles. The number of fused-ring (bicyclic) bond motifs is 1. The van der Waals surface area contributed by atoms with Gasteiger partial charge in [-0.1, -0.05) is 11.6 Å². The molecule has 3 rings (SSSR count). The van der Waals surface area contributed by atoms with E-state index in [1.165, 1.54) is 0 Å². The number of nitrogen functional groups attached to an aromatic ring is 1. The molecule has 2 aliphatic rings. The lowest BCUT2D eigenvalue weighted by Gasteiger charge is -2.36. The van der Waals surface area contributed by atoms with E-state index < -0.39 is 0 Å². The van der Waals surface area contributed by atoms with Gasteiger partial charge in [-0.05, 0) is 31.0 Å². The monoisotopic (exact) mass is 293 g/mol. The SMILES string of the molecule is Nc1ccc(Cl)cc1C(=O)N1CCCC2C(=O)NCC21. The van der Waals surface area contributed by atoms with Gasteiger partial charge in [-0.3, -0.25) is 9.59 Å². The third-order valence-electron chi connectivity index (χ3n) is 4.11. The maximum Gasteiger partial charge on any atom is 0.256 e. The summed E-state index contributed by atoms with van der Waals surface area (Å²) < 4.78 is 0. The number of benzene rings is 1. The van der Waals surface area contributed by atoms with Gasteiger partial charge in [0.2, 0.25) is 5.91 Å². The van der Waals surface area contributed by atoms with Crippen LogP contribution in [0.2, 0.25) is 5.02 Å². The molecule has 6 heteroatoms. The van der Waals surface area contributed by atoms with Crippen LogP contribution in [-0.2, 0) is 4.79 Å². The van der Waals surface area contributed by atoms with Crippen molar-refractivity contribution in [3.63, 3.8) is 0 Å². The molecule has 1 aromatic carbocycles. The van der Waals surface area contributed by atoms with E-state index in [1.807, 2.05) is 0 Å². The van der Waals surface area contributed by atoms with Gasteiger partial charge in [0, 0.05) is 23.8 Å². The number of likely N-dealkylation sites (tertiary alicyclic amines) is 1. The largest absolute Gasteiger partial charge is 0.398 e. The van der Waals surface area contributed by atoms with E-state index in [9.17, 15) is 9.59 Å². The Morgan fingerprint density at radius 1 is 1.45 bits per heavy atom. The first-order valence-corrected chi connectivity index (χ1v) is 7.09. The molecule has 0 radical (unpaired) electrons. The molecule has 2 saturated heterocycles. The van der Waals surface area contributed by atoms with Crippen molar-refractivity contribution in [2.24, 2.45) is 5.92 Å². The molecule has 0 aliphatic carbocycles. The predicted molar refractivity (Wildman–Crippen MR) is 76.4 cm³/mol. The minimum Gasteiger partial charge on any atom is -0.398 e. The molecule has 2 amide bonds. The highest BCUT2D eigenvalue weighted by molar-refractivity contribution is 6.31. The van der Waals surface area contributed by atoms with Crippen molar-refractivity contribution >= 4 is 29.1 Å². The minimum absolute atomic E-state index is 0.0477. The number of piperidine rings is 1. The second kappa shape index (κ2) is 4.98. The van der Waals surface area contributed by atoms with Crippen LogP contribution in [0, 0.1) is 5.92 Å². The van der Waals surface area contributed by atoms with E-state index in [-0.39, 0.29) is 23.8 Å². The van der Waals surface area contributed by atoms with E-state index >= 15 is 0 Å². The average molecular weight is 294 g/mol. The maximum absolute atomic E-state index is 12.7. The van der Waals surface area contributed by atoms with Gasteiger partial charge in [-0.15, -0.1) is 0 Å². The number of hydrogen-bond acceptors (Lipinski definition) is 3.